The summed E-state index contributed by atoms with van der Waals surface area (Å²) < 4.78 is 7.45. The Kier molecular flexibility index (Phi) is 6.01. The van der Waals surface area contributed by atoms with Crippen molar-refractivity contribution in [1.82, 2.24) is 4.98 Å². The van der Waals surface area contributed by atoms with E-state index in [4.69, 9.17) is 9.84 Å². The summed E-state index contributed by atoms with van der Waals surface area (Å²) in [7, 11) is 0. The van der Waals surface area contributed by atoms with Gasteiger partial charge in [-0.05, 0) is 62.4 Å². The van der Waals surface area contributed by atoms with Crippen molar-refractivity contribution >= 4 is 43.2 Å². The van der Waals surface area contributed by atoms with Crippen LogP contribution in [0.3, 0.4) is 0 Å². The summed E-state index contributed by atoms with van der Waals surface area (Å²) in [4.78, 5) is 4.53. The number of aromatic nitrogens is 1. The molecule has 0 aliphatic heterocycles. The van der Waals surface area contributed by atoms with Crippen molar-refractivity contribution in [2.75, 3.05) is 0 Å². The molecule has 0 aliphatic carbocycles. The number of ether oxygens (including phenoxy) is 1. The number of benzene rings is 1. The van der Waals surface area contributed by atoms with Crippen LogP contribution < -0.4 is 4.74 Å². The molecule has 0 radical (unpaired) electrons. The summed E-state index contributed by atoms with van der Waals surface area (Å²) >= 11 is 8.59. The van der Waals surface area contributed by atoms with Crippen LogP contribution in [0.2, 0.25) is 0 Å². The van der Waals surface area contributed by atoms with Crippen LogP contribution in [-0.4, -0.2) is 10.1 Å². The van der Waals surface area contributed by atoms with Gasteiger partial charge in [0.25, 0.3) is 0 Å². The molecule has 0 atom stereocenters. The molecule has 3 nitrogen and oxygen atoms in total. The minimum absolute atomic E-state index is 0.00391. The van der Waals surface area contributed by atoms with Gasteiger partial charge in [0.15, 0.2) is 0 Å². The average Bonchev–Trinajstić information content (AvgIpc) is 2.85. The fraction of sp³-hybridized carbons (Fsp3) is 0.357. The molecule has 0 spiro atoms. The molecule has 1 heterocycles. The lowest BCUT2D eigenvalue weighted by Crippen LogP contribution is -1.98. The zero-order valence-corrected chi connectivity index (χ0v) is 15.0. The highest BCUT2D eigenvalue weighted by molar-refractivity contribution is 9.11. The van der Waals surface area contributed by atoms with Gasteiger partial charge in [-0.1, -0.05) is 6.92 Å². The van der Waals surface area contributed by atoms with Crippen LogP contribution in [-0.2, 0) is 19.6 Å². The van der Waals surface area contributed by atoms with Crippen molar-refractivity contribution in [2.45, 2.75) is 33.0 Å². The van der Waals surface area contributed by atoms with Gasteiger partial charge in [-0.2, -0.15) is 0 Å². The molecule has 108 valence electrons. The number of aliphatic hydroxyl groups excluding tert-OH is 1. The van der Waals surface area contributed by atoms with E-state index in [0.717, 1.165) is 43.8 Å². The van der Waals surface area contributed by atoms with Crippen LogP contribution in [0.5, 0.6) is 5.75 Å². The van der Waals surface area contributed by atoms with Gasteiger partial charge in [0, 0.05) is 5.38 Å². The molecule has 1 N–H and O–H groups in total. The lowest BCUT2D eigenvalue weighted by molar-refractivity contribution is 0.279. The zero-order chi connectivity index (χ0) is 14.5. The van der Waals surface area contributed by atoms with Crippen LogP contribution in [0.1, 0.15) is 29.6 Å². The number of hydrogen-bond acceptors (Lipinski definition) is 4. The van der Waals surface area contributed by atoms with Crippen molar-refractivity contribution in [3.8, 4) is 5.75 Å². The smallest absolute Gasteiger partial charge is 0.148 e. The molecule has 0 bridgehead atoms. The normalized spacial score (nSPS) is 10.8. The van der Waals surface area contributed by atoms with E-state index in [-0.39, 0.29) is 6.61 Å². The third-order valence-corrected chi connectivity index (χ3v) is 4.80. The van der Waals surface area contributed by atoms with Gasteiger partial charge in [0.2, 0.25) is 0 Å². The molecule has 1 aromatic heterocycles. The number of aryl methyl sites for hydroxylation is 1. The van der Waals surface area contributed by atoms with Gasteiger partial charge in [-0.3, -0.25) is 0 Å². The molecule has 0 amide bonds. The fourth-order valence-corrected chi connectivity index (χ4v) is 4.13. The first kappa shape index (κ1) is 15.9. The minimum atomic E-state index is 0.00391. The largest absolute Gasteiger partial charge is 0.485 e. The summed E-state index contributed by atoms with van der Waals surface area (Å²) in [6, 6.07) is 3.70. The van der Waals surface area contributed by atoms with Crippen LogP contribution in [0.25, 0.3) is 0 Å². The van der Waals surface area contributed by atoms with Gasteiger partial charge in [0.05, 0.1) is 26.3 Å². The summed E-state index contributed by atoms with van der Waals surface area (Å²) in [5.74, 6) is 0.729. The Morgan fingerprint density at radius 3 is 2.60 bits per heavy atom. The van der Waals surface area contributed by atoms with E-state index in [1.165, 1.54) is 0 Å². The molecule has 20 heavy (non-hydrogen) atoms. The molecule has 2 rings (SSSR count). The first-order chi connectivity index (χ1) is 9.63. The van der Waals surface area contributed by atoms with Crippen LogP contribution >= 0.6 is 43.2 Å². The van der Waals surface area contributed by atoms with Crippen molar-refractivity contribution in [1.29, 1.82) is 0 Å². The third kappa shape index (κ3) is 4.04. The monoisotopic (exact) mass is 419 g/mol. The molecule has 0 saturated heterocycles. The highest BCUT2D eigenvalue weighted by Crippen LogP contribution is 2.35. The number of thiazole rings is 1. The van der Waals surface area contributed by atoms with E-state index in [2.05, 4.69) is 43.8 Å². The number of rotatable bonds is 6. The van der Waals surface area contributed by atoms with Gasteiger partial charge in [-0.15, -0.1) is 11.3 Å². The van der Waals surface area contributed by atoms with E-state index < -0.39 is 0 Å². The van der Waals surface area contributed by atoms with Crippen molar-refractivity contribution in [3.63, 3.8) is 0 Å². The molecule has 6 heteroatoms. The van der Waals surface area contributed by atoms with E-state index in [1.807, 2.05) is 17.5 Å². The van der Waals surface area contributed by atoms with Crippen LogP contribution in [0, 0.1) is 0 Å². The second-order valence-corrected chi connectivity index (χ2v) is 6.97. The maximum absolute atomic E-state index is 9.15. The fourth-order valence-electron chi connectivity index (χ4n) is 1.73. The SMILES string of the molecule is CCCc1nc(COc2c(Br)cc(CO)cc2Br)cs1. The summed E-state index contributed by atoms with van der Waals surface area (Å²) in [5.41, 5.74) is 1.78. The molecule has 2 aromatic rings. The van der Waals surface area contributed by atoms with Crippen molar-refractivity contribution in [3.05, 3.63) is 42.7 Å². The molecule has 0 fully saturated rings. The van der Waals surface area contributed by atoms with E-state index >= 15 is 0 Å². The first-order valence-corrected chi connectivity index (χ1v) is 8.75. The molecule has 0 saturated carbocycles. The molecular weight excluding hydrogens is 406 g/mol. The Morgan fingerprint density at radius 1 is 1.30 bits per heavy atom. The van der Waals surface area contributed by atoms with Gasteiger partial charge < -0.3 is 9.84 Å². The maximum Gasteiger partial charge on any atom is 0.148 e. The zero-order valence-electron chi connectivity index (χ0n) is 11.0. The predicted molar refractivity (Wildman–Crippen MR) is 88.2 cm³/mol. The second-order valence-electron chi connectivity index (χ2n) is 4.32. The Bertz CT molecular complexity index is 563. The molecule has 0 unspecified atom stereocenters. The first-order valence-electron chi connectivity index (χ1n) is 6.29. The van der Waals surface area contributed by atoms with Gasteiger partial charge in [-0.25, -0.2) is 4.98 Å². The van der Waals surface area contributed by atoms with Crippen LogP contribution in [0.15, 0.2) is 26.5 Å². The van der Waals surface area contributed by atoms with E-state index in [9.17, 15) is 0 Å². The summed E-state index contributed by atoms with van der Waals surface area (Å²) in [6.07, 6.45) is 2.12. The Labute approximate surface area is 139 Å². The molecule has 1 aromatic carbocycles. The topological polar surface area (TPSA) is 42.4 Å². The number of aliphatic hydroxyl groups is 1. The van der Waals surface area contributed by atoms with Gasteiger partial charge in [0.1, 0.15) is 12.4 Å². The number of halogens is 2. The highest BCUT2D eigenvalue weighted by Gasteiger charge is 2.10. The summed E-state index contributed by atoms with van der Waals surface area (Å²) in [6.45, 7) is 2.59. The quantitative estimate of drug-likeness (QED) is 0.736. The average molecular weight is 421 g/mol. The van der Waals surface area contributed by atoms with E-state index in [0.29, 0.717) is 6.61 Å². The Balaban J connectivity index is 2.06. The van der Waals surface area contributed by atoms with Crippen molar-refractivity contribution < 1.29 is 9.84 Å². The number of hydrogen-bond donors (Lipinski definition) is 1. The van der Waals surface area contributed by atoms with Crippen LogP contribution in [0.4, 0.5) is 0 Å². The summed E-state index contributed by atoms with van der Waals surface area (Å²) in [5, 5.41) is 12.3. The predicted octanol–water partition coefficient (Wildman–Crippen LogP) is 4.69. The maximum atomic E-state index is 9.15. The van der Waals surface area contributed by atoms with Gasteiger partial charge >= 0.3 is 0 Å². The standard InChI is InChI=1S/C14H15Br2NO2S/c1-2-3-13-17-10(8-20-13)7-19-14-11(15)4-9(6-18)5-12(14)16/h4-5,8,18H,2-3,6-7H2,1H3. The second kappa shape index (κ2) is 7.54. The highest BCUT2D eigenvalue weighted by atomic mass is 79.9. The van der Waals surface area contributed by atoms with Crippen molar-refractivity contribution in [2.24, 2.45) is 0 Å². The Hall–Kier alpha value is -0.430. The lowest BCUT2D eigenvalue weighted by atomic mass is 10.2. The number of nitrogens with zero attached hydrogens (tertiary/aromatic N) is 1. The minimum Gasteiger partial charge on any atom is -0.485 e. The van der Waals surface area contributed by atoms with E-state index in [1.54, 1.807) is 11.3 Å². The molecule has 0 aliphatic rings. The molecular formula is C14H15Br2NO2S. The third-order valence-electron chi connectivity index (χ3n) is 2.67. The lowest BCUT2D eigenvalue weighted by Gasteiger charge is -2.10. The Morgan fingerprint density at radius 2 is 2.00 bits per heavy atom.